The molecule has 0 radical (unpaired) electrons. The zero-order chi connectivity index (χ0) is 14.1. The molecule has 0 amide bonds. The molecule has 2 aromatic rings. The van der Waals surface area contributed by atoms with Crippen molar-refractivity contribution in [3.05, 3.63) is 39.8 Å². The van der Waals surface area contributed by atoms with Crippen molar-refractivity contribution in [3.63, 3.8) is 0 Å². The second-order valence-electron chi connectivity index (χ2n) is 4.61. The highest BCUT2D eigenvalue weighted by Gasteiger charge is 2.17. The summed E-state index contributed by atoms with van der Waals surface area (Å²) in [6.45, 7) is 4.78. The summed E-state index contributed by atoms with van der Waals surface area (Å²) in [4.78, 5) is 8.73. The van der Waals surface area contributed by atoms with E-state index in [0.717, 1.165) is 38.7 Å². The summed E-state index contributed by atoms with van der Waals surface area (Å²) in [7, 11) is 0. The lowest BCUT2D eigenvalue weighted by molar-refractivity contribution is 0.173. The van der Waals surface area contributed by atoms with E-state index in [1.54, 1.807) is 6.20 Å². The summed E-state index contributed by atoms with van der Waals surface area (Å²) in [5.41, 5.74) is 2.87. The van der Waals surface area contributed by atoms with Crippen molar-refractivity contribution in [3.8, 4) is 11.5 Å². The minimum atomic E-state index is 0.271. The fourth-order valence-corrected chi connectivity index (χ4v) is 2.62. The Bertz CT molecular complexity index is 661. The number of benzene rings is 1. The number of nitrogens with one attached hydrogen (secondary N) is 1. The van der Waals surface area contributed by atoms with Crippen molar-refractivity contribution in [2.75, 3.05) is 12.1 Å². The van der Waals surface area contributed by atoms with E-state index in [9.17, 15) is 0 Å². The molecule has 1 aromatic carbocycles. The average Bonchev–Trinajstić information content (AvgIpc) is 2.89. The monoisotopic (exact) mass is 335 g/mol. The van der Waals surface area contributed by atoms with E-state index in [4.69, 9.17) is 9.47 Å². The first-order valence-corrected chi connectivity index (χ1v) is 7.05. The van der Waals surface area contributed by atoms with Gasteiger partial charge in [0.1, 0.15) is 5.82 Å². The van der Waals surface area contributed by atoms with Crippen LogP contribution in [0.2, 0.25) is 0 Å². The molecule has 0 saturated heterocycles. The standard InChI is InChI=1S/C14H14BrN3O2/c1-8-5-16-9(2)14(18-8)17-6-10-3-11(15)13-12(4-10)19-7-20-13/h3-5H,6-7H2,1-2H3,(H,17,18). The molecule has 104 valence electrons. The Labute approximate surface area is 125 Å². The molecule has 0 fully saturated rings. The van der Waals surface area contributed by atoms with Crippen LogP contribution < -0.4 is 14.8 Å². The van der Waals surface area contributed by atoms with Crippen molar-refractivity contribution < 1.29 is 9.47 Å². The van der Waals surface area contributed by atoms with Crippen molar-refractivity contribution in [2.45, 2.75) is 20.4 Å². The lowest BCUT2D eigenvalue weighted by Gasteiger charge is -2.10. The molecular weight excluding hydrogens is 322 g/mol. The van der Waals surface area contributed by atoms with Crippen molar-refractivity contribution in [1.29, 1.82) is 0 Å². The number of aromatic nitrogens is 2. The quantitative estimate of drug-likeness (QED) is 0.933. The normalized spacial score (nSPS) is 12.6. The van der Waals surface area contributed by atoms with Gasteiger partial charge in [-0.1, -0.05) is 0 Å². The molecule has 0 aliphatic carbocycles. The summed E-state index contributed by atoms with van der Waals surface area (Å²) < 4.78 is 11.7. The fraction of sp³-hybridized carbons (Fsp3) is 0.286. The maximum atomic E-state index is 5.41. The lowest BCUT2D eigenvalue weighted by Crippen LogP contribution is -2.05. The van der Waals surface area contributed by atoms with Gasteiger partial charge in [-0.25, -0.2) is 4.98 Å². The zero-order valence-corrected chi connectivity index (χ0v) is 12.8. The molecule has 0 atom stereocenters. The molecule has 6 heteroatoms. The third-order valence-electron chi connectivity index (χ3n) is 3.02. The Morgan fingerprint density at radius 2 is 2.15 bits per heavy atom. The van der Waals surface area contributed by atoms with Gasteiger partial charge in [0.05, 0.1) is 15.9 Å². The van der Waals surface area contributed by atoms with Crippen LogP contribution >= 0.6 is 15.9 Å². The summed E-state index contributed by atoms with van der Waals surface area (Å²) in [5.74, 6) is 2.34. The second kappa shape index (κ2) is 5.28. The van der Waals surface area contributed by atoms with Crippen LogP contribution in [0.1, 0.15) is 17.0 Å². The SMILES string of the molecule is Cc1cnc(C)c(NCc2cc(Br)c3c(c2)OCO3)n1. The first-order valence-electron chi connectivity index (χ1n) is 6.25. The summed E-state index contributed by atoms with van der Waals surface area (Å²) in [6.07, 6.45) is 1.76. The molecule has 1 N–H and O–H groups in total. The van der Waals surface area contributed by atoms with E-state index in [1.165, 1.54) is 0 Å². The number of anilines is 1. The molecular formula is C14H14BrN3O2. The first-order chi connectivity index (χ1) is 9.63. The van der Waals surface area contributed by atoms with Gasteiger partial charge in [0.2, 0.25) is 6.79 Å². The summed E-state index contributed by atoms with van der Waals surface area (Å²) in [6, 6.07) is 3.98. The maximum absolute atomic E-state index is 5.41. The van der Waals surface area contributed by atoms with Gasteiger partial charge in [0.15, 0.2) is 11.5 Å². The molecule has 0 spiro atoms. The second-order valence-corrected chi connectivity index (χ2v) is 5.46. The Kier molecular flexibility index (Phi) is 3.48. The molecule has 1 aliphatic heterocycles. The van der Waals surface area contributed by atoms with Gasteiger partial charge >= 0.3 is 0 Å². The van der Waals surface area contributed by atoms with Crippen molar-refractivity contribution >= 4 is 21.7 Å². The Morgan fingerprint density at radius 1 is 1.30 bits per heavy atom. The van der Waals surface area contributed by atoms with E-state index >= 15 is 0 Å². The minimum absolute atomic E-state index is 0.271. The fourth-order valence-electron chi connectivity index (χ4n) is 2.01. The van der Waals surface area contributed by atoms with Gasteiger partial charge in [-0.05, 0) is 47.5 Å². The van der Waals surface area contributed by atoms with Crippen molar-refractivity contribution in [1.82, 2.24) is 9.97 Å². The van der Waals surface area contributed by atoms with Crippen LogP contribution in [0.25, 0.3) is 0 Å². The van der Waals surface area contributed by atoms with Crippen LogP contribution in [-0.4, -0.2) is 16.8 Å². The highest BCUT2D eigenvalue weighted by molar-refractivity contribution is 9.10. The maximum Gasteiger partial charge on any atom is 0.231 e. The van der Waals surface area contributed by atoms with E-state index < -0.39 is 0 Å². The zero-order valence-electron chi connectivity index (χ0n) is 11.2. The average molecular weight is 336 g/mol. The van der Waals surface area contributed by atoms with Crippen LogP contribution in [0.5, 0.6) is 11.5 Å². The molecule has 3 rings (SSSR count). The van der Waals surface area contributed by atoms with E-state index in [0.29, 0.717) is 6.54 Å². The molecule has 2 heterocycles. The summed E-state index contributed by atoms with van der Waals surface area (Å²) >= 11 is 3.49. The van der Waals surface area contributed by atoms with Crippen molar-refractivity contribution in [2.24, 2.45) is 0 Å². The number of aryl methyl sites for hydroxylation is 2. The molecule has 20 heavy (non-hydrogen) atoms. The van der Waals surface area contributed by atoms with E-state index in [2.05, 4.69) is 31.2 Å². The summed E-state index contributed by atoms with van der Waals surface area (Å²) in [5, 5.41) is 3.30. The van der Waals surface area contributed by atoms with E-state index in [1.807, 2.05) is 26.0 Å². The predicted molar refractivity (Wildman–Crippen MR) is 79.1 cm³/mol. The number of nitrogens with zero attached hydrogens (tertiary/aromatic N) is 2. The molecule has 0 bridgehead atoms. The van der Waals surface area contributed by atoms with Gasteiger partial charge in [-0.2, -0.15) is 0 Å². The highest BCUT2D eigenvalue weighted by Crippen LogP contribution is 2.40. The van der Waals surface area contributed by atoms with E-state index in [-0.39, 0.29) is 6.79 Å². The molecule has 0 unspecified atom stereocenters. The number of ether oxygens (including phenoxy) is 2. The van der Waals surface area contributed by atoms with Crippen LogP contribution in [0, 0.1) is 13.8 Å². The largest absolute Gasteiger partial charge is 0.454 e. The smallest absolute Gasteiger partial charge is 0.231 e. The third kappa shape index (κ3) is 2.56. The van der Waals surface area contributed by atoms with Gasteiger partial charge in [0, 0.05) is 12.7 Å². The number of hydrogen-bond donors (Lipinski definition) is 1. The highest BCUT2D eigenvalue weighted by atomic mass is 79.9. The third-order valence-corrected chi connectivity index (χ3v) is 3.61. The Morgan fingerprint density at radius 3 is 3.00 bits per heavy atom. The topological polar surface area (TPSA) is 56.3 Å². The number of fused-ring (bicyclic) bond motifs is 1. The van der Waals surface area contributed by atoms with Gasteiger partial charge < -0.3 is 14.8 Å². The number of halogens is 1. The van der Waals surface area contributed by atoms with Gasteiger partial charge in [-0.15, -0.1) is 0 Å². The molecule has 1 aromatic heterocycles. The molecule has 0 saturated carbocycles. The Hall–Kier alpha value is -1.82. The first kappa shape index (κ1) is 13.2. The van der Waals surface area contributed by atoms with Crippen LogP contribution in [-0.2, 0) is 6.54 Å². The predicted octanol–water partition coefficient (Wildman–Crippen LogP) is 3.20. The minimum Gasteiger partial charge on any atom is -0.454 e. The molecule has 1 aliphatic rings. The Balaban J connectivity index is 1.79. The lowest BCUT2D eigenvalue weighted by atomic mass is 10.2. The number of rotatable bonds is 3. The van der Waals surface area contributed by atoms with Crippen LogP contribution in [0.3, 0.4) is 0 Å². The number of hydrogen-bond acceptors (Lipinski definition) is 5. The van der Waals surface area contributed by atoms with Gasteiger partial charge in [0.25, 0.3) is 0 Å². The van der Waals surface area contributed by atoms with Crippen LogP contribution in [0.4, 0.5) is 5.82 Å². The molecule has 5 nitrogen and oxygen atoms in total. The van der Waals surface area contributed by atoms with Gasteiger partial charge in [-0.3, -0.25) is 4.98 Å². The van der Waals surface area contributed by atoms with Crippen LogP contribution in [0.15, 0.2) is 22.8 Å².